The number of hydrogen-bond donors (Lipinski definition) is 3. The van der Waals surface area contributed by atoms with Crippen LogP contribution in [-0.2, 0) is 6.54 Å². The molecule has 0 spiro atoms. The SMILES string of the molecule is C=CC(=C\C=[NH+]CCSSCC[n+]1ccc(/C(C)=C/c2ccc(N(CC)CCO)cc2C)cc1)/C(C)=C/c1ccc(N(CC)CCO)cc1C. The molecule has 0 aliphatic carbocycles. The van der Waals surface area contributed by atoms with E-state index >= 15 is 0 Å². The molecule has 0 radical (unpaired) electrons. The van der Waals surface area contributed by atoms with Crippen LogP contribution >= 0.6 is 21.6 Å². The first-order valence-corrected chi connectivity index (χ1v) is 20.2. The molecule has 0 amide bonds. The van der Waals surface area contributed by atoms with Crippen LogP contribution in [0.1, 0.15) is 55.5 Å². The summed E-state index contributed by atoms with van der Waals surface area (Å²) < 4.78 is 2.25. The molecular weight excluding hydrogens is 657 g/mol. The third-order valence-corrected chi connectivity index (χ3v) is 11.1. The van der Waals surface area contributed by atoms with E-state index in [9.17, 15) is 10.2 Å². The van der Waals surface area contributed by atoms with Crippen LogP contribution in [0.3, 0.4) is 0 Å². The van der Waals surface area contributed by atoms with Gasteiger partial charge in [-0.05, 0) is 110 Å². The molecule has 2 aromatic carbocycles. The van der Waals surface area contributed by atoms with Crippen LogP contribution in [0, 0.1) is 13.8 Å². The number of rotatable bonds is 21. The molecule has 0 unspecified atom stereocenters. The van der Waals surface area contributed by atoms with Crippen molar-refractivity contribution in [2.24, 2.45) is 0 Å². The van der Waals surface area contributed by atoms with E-state index in [1.165, 1.54) is 33.4 Å². The zero-order valence-electron chi connectivity index (χ0n) is 31.0. The summed E-state index contributed by atoms with van der Waals surface area (Å²) in [6, 6.07) is 17.4. The van der Waals surface area contributed by atoms with Crippen molar-refractivity contribution in [3.05, 3.63) is 119 Å². The summed E-state index contributed by atoms with van der Waals surface area (Å²) in [6.45, 7) is 22.1. The van der Waals surface area contributed by atoms with Crippen molar-refractivity contribution in [1.29, 1.82) is 0 Å². The maximum atomic E-state index is 9.35. The Morgan fingerprint density at radius 3 is 1.90 bits per heavy atom. The number of hydrogen-bond acceptors (Lipinski definition) is 6. The third-order valence-electron chi connectivity index (χ3n) is 8.73. The van der Waals surface area contributed by atoms with Gasteiger partial charge in [0, 0.05) is 55.8 Å². The Kier molecular flexibility index (Phi) is 18.2. The van der Waals surface area contributed by atoms with Gasteiger partial charge in [0.05, 0.1) is 24.7 Å². The predicted molar refractivity (Wildman–Crippen MR) is 221 cm³/mol. The van der Waals surface area contributed by atoms with E-state index in [1.807, 2.05) is 33.9 Å². The van der Waals surface area contributed by atoms with Gasteiger partial charge >= 0.3 is 0 Å². The van der Waals surface area contributed by atoms with Gasteiger partial charge in [-0.1, -0.05) is 58.5 Å². The molecule has 3 N–H and O–H groups in total. The smallest absolute Gasteiger partial charge is 0.169 e. The third kappa shape index (κ3) is 13.0. The maximum absolute atomic E-state index is 9.35. The van der Waals surface area contributed by atoms with Crippen LogP contribution in [0.5, 0.6) is 0 Å². The largest absolute Gasteiger partial charge is 0.395 e. The van der Waals surface area contributed by atoms with Gasteiger partial charge in [0.2, 0.25) is 0 Å². The molecule has 0 aliphatic heterocycles. The summed E-state index contributed by atoms with van der Waals surface area (Å²) in [7, 11) is 3.81. The van der Waals surface area contributed by atoms with Crippen LogP contribution in [-0.4, -0.2) is 73.9 Å². The van der Waals surface area contributed by atoms with E-state index < -0.39 is 0 Å². The highest BCUT2D eigenvalue weighted by Crippen LogP contribution is 2.25. The minimum atomic E-state index is 0.154. The lowest BCUT2D eigenvalue weighted by Crippen LogP contribution is -2.69. The zero-order valence-corrected chi connectivity index (χ0v) is 32.6. The number of aliphatic hydroxyl groups excluding tert-OH is 2. The van der Waals surface area contributed by atoms with Gasteiger partial charge in [-0.3, -0.25) is 0 Å². The van der Waals surface area contributed by atoms with Crippen molar-refractivity contribution in [3.63, 3.8) is 0 Å². The van der Waals surface area contributed by atoms with Crippen molar-refractivity contribution in [3.8, 4) is 0 Å². The van der Waals surface area contributed by atoms with Gasteiger partial charge in [-0.25, -0.2) is 9.56 Å². The predicted octanol–water partition coefficient (Wildman–Crippen LogP) is 6.54. The highest BCUT2D eigenvalue weighted by molar-refractivity contribution is 8.76. The standard InChI is InChI=1S/C42H57N4O2S2/c1-8-37(33(4)29-39-11-13-41(31-35(39)6)45(9-2)22-25-47)15-18-43-19-27-49-50-28-24-44-20-16-38(17-21-44)34(5)30-40-12-14-42(32-36(40)7)46(10-3)23-26-48/h8,11-18,20-21,29-32,47-48H,1,9-10,19,22-28H2,2-7H3/q+1/p+1/b33-29+,37-15+,43-18?. The highest BCUT2D eigenvalue weighted by Gasteiger charge is 2.09. The van der Waals surface area contributed by atoms with Crippen LogP contribution < -0.4 is 19.4 Å². The average Bonchev–Trinajstić information content (AvgIpc) is 3.12. The average molecular weight is 715 g/mol. The second kappa shape index (κ2) is 22.3. The van der Waals surface area contributed by atoms with Gasteiger partial charge in [0.15, 0.2) is 31.7 Å². The maximum Gasteiger partial charge on any atom is 0.169 e. The number of pyridine rings is 1. The van der Waals surface area contributed by atoms with Crippen LogP contribution in [0.15, 0.2) is 90.8 Å². The molecule has 3 aromatic rings. The molecule has 0 bridgehead atoms. The Morgan fingerprint density at radius 1 is 0.820 bits per heavy atom. The first kappa shape index (κ1) is 40.9. The molecule has 0 aliphatic rings. The number of nitrogens with zero attached hydrogens (tertiary/aromatic N) is 3. The Balaban J connectivity index is 1.42. The number of nitrogens with one attached hydrogen (secondary N) is 1. The lowest BCUT2D eigenvalue weighted by atomic mass is 10.0. The number of benzene rings is 2. The summed E-state index contributed by atoms with van der Waals surface area (Å²) >= 11 is 0. The van der Waals surface area contributed by atoms with E-state index in [2.05, 4.69) is 147 Å². The van der Waals surface area contributed by atoms with Crippen molar-refractivity contribution in [2.45, 2.75) is 48.1 Å². The number of likely N-dealkylation sites (N-methyl/N-ethyl adjacent to an activating group) is 2. The molecule has 1 heterocycles. The van der Waals surface area contributed by atoms with Gasteiger partial charge in [0.25, 0.3) is 0 Å². The first-order chi connectivity index (χ1) is 24.2. The number of aryl methyl sites for hydroxylation is 3. The molecule has 0 saturated heterocycles. The fourth-order valence-corrected chi connectivity index (χ4v) is 7.58. The number of allylic oxidation sites excluding steroid dienone is 5. The van der Waals surface area contributed by atoms with Gasteiger partial charge in [0.1, 0.15) is 0 Å². The Morgan fingerprint density at radius 2 is 1.38 bits per heavy atom. The zero-order chi connectivity index (χ0) is 36.3. The van der Waals surface area contributed by atoms with Gasteiger partial charge < -0.3 is 20.0 Å². The van der Waals surface area contributed by atoms with E-state index in [-0.39, 0.29) is 13.2 Å². The Bertz CT molecular complexity index is 1630. The summed E-state index contributed by atoms with van der Waals surface area (Å²) in [5.41, 5.74) is 11.9. The quantitative estimate of drug-likeness (QED) is 0.0384. The van der Waals surface area contributed by atoms with Crippen molar-refractivity contribution < 1.29 is 19.8 Å². The second-order valence-corrected chi connectivity index (χ2v) is 15.0. The number of aliphatic hydroxyl groups is 2. The summed E-state index contributed by atoms with van der Waals surface area (Å²) in [4.78, 5) is 7.80. The van der Waals surface area contributed by atoms with Crippen molar-refractivity contribution in [1.82, 2.24) is 0 Å². The normalized spacial score (nSPS) is 12.5. The van der Waals surface area contributed by atoms with Crippen molar-refractivity contribution >= 4 is 56.9 Å². The fraction of sp³-hybridized carbons (Fsp3) is 0.381. The number of anilines is 2. The first-order valence-electron chi connectivity index (χ1n) is 17.7. The van der Waals surface area contributed by atoms with Crippen LogP contribution in [0.2, 0.25) is 0 Å². The molecule has 268 valence electrons. The van der Waals surface area contributed by atoms with E-state index in [1.54, 1.807) is 0 Å². The molecule has 0 atom stereocenters. The molecule has 0 saturated carbocycles. The molecule has 0 fully saturated rings. The minimum absolute atomic E-state index is 0.154. The van der Waals surface area contributed by atoms with E-state index in [4.69, 9.17) is 0 Å². The van der Waals surface area contributed by atoms with Crippen molar-refractivity contribution in [2.75, 3.05) is 67.2 Å². The lowest BCUT2D eigenvalue weighted by molar-refractivity contribution is -0.692. The Labute approximate surface area is 309 Å². The Hall–Kier alpha value is -3.56. The topological polar surface area (TPSA) is 64.8 Å². The molecule has 6 nitrogen and oxygen atoms in total. The number of aromatic nitrogens is 1. The summed E-state index contributed by atoms with van der Waals surface area (Å²) in [5, 5.41) is 18.7. The molecule has 3 rings (SSSR count). The summed E-state index contributed by atoms with van der Waals surface area (Å²) in [5.74, 6) is 2.07. The monoisotopic (exact) mass is 714 g/mol. The molecule has 50 heavy (non-hydrogen) atoms. The van der Waals surface area contributed by atoms with Gasteiger partial charge in [-0.2, -0.15) is 0 Å². The molecule has 1 aromatic heterocycles. The van der Waals surface area contributed by atoms with Crippen LogP contribution in [0.25, 0.3) is 17.7 Å². The van der Waals surface area contributed by atoms with E-state index in [0.29, 0.717) is 13.1 Å². The summed E-state index contributed by atoms with van der Waals surface area (Å²) in [6.07, 6.45) is 14.8. The minimum Gasteiger partial charge on any atom is -0.395 e. The highest BCUT2D eigenvalue weighted by atomic mass is 33.1. The lowest BCUT2D eigenvalue weighted by Gasteiger charge is -2.23. The molecular formula is C42H58N4O2S2+2. The van der Waals surface area contributed by atoms with E-state index in [0.717, 1.165) is 60.2 Å². The van der Waals surface area contributed by atoms with Gasteiger partial charge in [-0.15, -0.1) is 0 Å². The van der Waals surface area contributed by atoms with Crippen LogP contribution in [0.4, 0.5) is 11.4 Å². The second-order valence-electron chi connectivity index (χ2n) is 12.3. The fourth-order valence-electron chi connectivity index (χ4n) is 5.67. The molecule has 8 heteroatoms.